The summed E-state index contributed by atoms with van der Waals surface area (Å²) in [4.78, 5) is 2.41. The third-order valence-electron chi connectivity index (χ3n) is 3.16. The van der Waals surface area contributed by atoms with E-state index < -0.39 is 0 Å². The van der Waals surface area contributed by atoms with Crippen LogP contribution in [0.1, 0.15) is 20.8 Å². The number of methoxy groups -OCH3 is 1. The Morgan fingerprint density at radius 2 is 2.00 bits per heavy atom. The van der Waals surface area contributed by atoms with Crippen molar-refractivity contribution >= 4 is 0 Å². The van der Waals surface area contributed by atoms with Gasteiger partial charge in [-0.1, -0.05) is 20.8 Å². The molecule has 0 unspecified atom stereocenters. The number of nitrogens with two attached hydrogens (primary N) is 1. The highest BCUT2D eigenvalue weighted by atomic mass is 16.5. The molecule has 1 rings (SSSR count). The Hall–Kier alpha value is -0.120. The molecular weight excluding hydrogens is 176 g/mol. The van der Waals surface area contributed by atoms with Crippen LogP contribution < -0.4 is 5.73 Å². The van der Waals surface area contributed by atoms with Crippen LogP contribution in [-0.4, -0.2) is 44.3 Å². The van der Waals surface area contributed by atoms with Gasteiger partial charge in [-0.2, -0.15) is 0 Å². The van der Waals surface area contributed by atoms with Crippen LogP contribution in [0.15, 0.2) is 0 Å². The molecule has 0 spiro atoms. The average Bonchev–Trinajstić information content (AvgIpc) is 2.42. The van der Waals surface area contributed by atoms with E-state index >= 15 is 0 Å². The first-order valence-corrected chi connectivity index (χ1v) is 5.42. The van der Waals surface area contributed by atoms with Crippen molar-refractivity contribution in [3.05, 3.63) is 0 Å². The smallest absolute Gasteiger partial charge is 0.0589 e. The SMILES string of the molecule is COCCN1C[C@@H](N)[C@H](C(C)(C)C)C1. The summed E-state index contributed by atoms with van der Waals surface area (Å²) in [5.74, 6) is 0.611. The second-order valence-corrected chi connectivity index (χ2v) is 5.39. The molecule has 84 valence electrons. The lowest BCUT2D eigenvalue weighted by molar-refractivity contribution is 0.151. The van der Waals surface area contributed by atoms with Gasteiger partial charge in [0, 0.05) is 32.8 Å². The van der Waals surface area contributed by atoms with E-state index in [1.165, 1.54) is 0 Å². The lowest BCUT2D eigenvalue weighted by Crippen LogP contribution is -2.36. The quantitative estimate of drug-likeness (QED) is 0.737. The molecule has 3 nitrogen and oxygen atoms in total. The molecule has 1 saturated heterocycles. The van der Waals surface area contributed by atoms with Crippen LogP contribution in [0, 0.1) is 11.3 Å². The molecule has 14 heavy (non-hydrogen) atoms. The molecule has 1 heterocycles. The average molecular weight is 200 g/mol. The third kappa shape index (κ3) is 2.94. The zero-order valence-electron chi connectivity index (χ0n) is 9.92. The Labute approximate surface area is 87.6 Å². The summed E-state index contributed by atoms with van der Waals surface area (Å²) in [6.07, 6.45) is 0. The summed E-state index contributed by atoms with van der Waals surface area (Å²) < 4.78 is 5.08. The number of ether oxygens (including phenoxy) is 1. The third-order valence-corrected chi connectivity index (χ3v) is 3.16. The second kappa shape index (κ2) is 4.60. The Balaban J connectivity index is 2.43. The topological polar surface area (TPSA) is 38.5 Å². The molecule has 0 radical (unpaired) electrons. The van der Waals surface area contributed by atoms with Gasteiger partial charge in [-0.3, -0.25) is 4.90 Å². The summed E-state index contributed by atoms with van der Waals surface area (Å²) in [5, 5.41) is 0. The molecule has 0 aromatic rings. The fourth-order valence-corrected chi connectivity index (χ4v) is 2.23. The van der Waals surface area contributed by atoms with Gasteiger partial charge in [0.2, 0.25) is 0 Å². The molecule has 2 atom stereocenters. The maximum absolute atomic E-state index is 6.14. The van der Waals surface area contributed by atoms with E-state index in [2.05, 4.69) is 25.7 Å². The summed E-state index contributed by atoms with van der Waals surface area (Å²) in [6.45, 7) is 10.8. The predicted octanol–water partition coefficient (Wildman–Crippen LogP) is 0.938. The Kier molecular flexibility index (Phi) is 3.93. The predicted molar refractivity (Wildman–Crippen MR) is 59.2 cm³/mol. The van der Waals surface area contributed by atoms with Gasteiger partial charge in [0.25, 0.3) is 0 Å². The standard InChI is InChI=1S/C11H24N2O/c1-11(2,3)9-7-13(5-6-14-4)8-10(9)12/h9-10H,5-8,12H2,1-4H3/t9-,10-/m1/s1. The summed E-state index contributed by atoms with van der Waals surface area (Å²) in [5.41, 5.74) is 6.47. The number of rotatable bonds is 3. The van der Waals surface area contributed by atoms with Crippen LogP contribution in [-0.2, 0) is 4.74 Å². The molecule has 0 aliphatic carbocycles. The van der Waals surface area contributed by atoms with Crippen molar-refractivity contribution in [2.75, 3.05) is 33.4 Å². The van der Waals surface area contributed by atoms with Gasteiger partial charge in [-0.05, 0) is 11.3 Å². The van der Waals surface area contributed by atoms with Crippen LogP contribution in [0.4, 0.5) is 0 Å². The first-order valence-electron chi connectivity index (χ1n) is 5.42. The maximum Gasteiger partial charge on any atom is 0.0589 e. The summed E-state index contributed by atoms with van der Waals surface area (Å²) in [7, 11) is 1.75. The van der Waals surface area contributed by atoms with Crippen molar-refractivity contribution in [3.63, 3.8) is 0 Å². The van der Waals surface area contributed by atoms with Crippen LogP contribution in [0.5, 0.6) is 0 Å². The highest BCUT2D eigenvalue weighted by molar-refractivity contribution is 4.92. The van der Waals surface area contributed by atoms with Crippen molar-refractivity contribution in [3.8, 4) is 0 Å². The molecule has 0 saturated carbocycles. The molecular formula is C11H24N2O. The van der Waals surface area contributed by atoms with Crippen LogP contribution in [0.25, 0.3) is 0 Å². The van der Waals surface area contributed by atoms with Gasteiger partial charge >= 0.3 is 0 Å². The van der Waals surface area contributed by atoms with E-state index in [4.69, 9.17) is 10.5 Å². The van der Waals surface area contributed by atoms with Gasteiger partial charge in [-0.25, -0.2) is 0 Å². The van der Waals surface area contributed by atoms with Gasteiger partial charge in [-0.15, -0.1) is 0 Å². The lowest BCUT2D eigenvalue weighted by Gasteiger charge is -2.29. The monoisotopic (exact) mass is 200 g/mol. The molecule has 0 aromatic carbocycles. The van der Waals surface area contributed by atoms with E-state index in [9.17, 15) is 0 Å². The fourth-order valence-electron chi connectivity index (χ4n) is 2.23. The maximum atomic E-state index is 6.14. The molecule has 1 aliphatic heterocycles. The first-order chi connectivity index (χ1) is 6.45. The normalized spacial score (nSPS) is 29.8. The minimum Gasteiger partial charge on any atom is -0.383 e. The van der Waals surface area contributed by atoms with Gasteiger partial charge < -0.3 is 10.5 Å². The highest BCUT2D eigenvalue weighted by Gasteiger charge is 2.37. The van der Waals surface area contributed by atoms with Crippen molar-refractivity contribution in [2.24, 2.45) is 17.1 Å². The number of hydrogen-bond donors (Lipinski definition) is 1. The highest BCUT2D eigenvalue weighted by Crippen LogP contribution is 2.32. The largest absolute Gasteiger partial charge is 0.383 e. The summed E-state index contributed by atoms with van der Waals surface area (Å²) >= 11 is 0. The van der Waals surface area contributed by atoms with E-state index in [1.54, 1.807) is 7.11 Å². The molecule has 2 N–H and O–H groups in total. The summed E-state index contributed by atoms with van der Waals surface area (Å²) in [6, 6.07) is 0.326. The molecule has 0 aromatic heterocycles. The second-order valence-electron chi connectivity index (χ2n) is 5.39. The van der Waals surface area contributed by atoms with E-state index in [1.807, 2.05) is 0 Å². The van der Waals surface area contributed by atoms with Crippen molar-refractivity contribution in [2.45, 2.75) is 26.8 Å². The first kappa shape index (κ1) is 12.0. The Bertz CT molecular complexity index is 177. The van der Waals surface area contributed by atoms with Crippen molar-refractivity contribution < 1.29 is 4.74 Å². The molecule has 3 heteroatoms. The molecule has 0 bridgehead atoms. The number of nitrogens with zero attached hydrogens (tertiary/aromatic N) is 1. The minimum atomic E-state index is 0.321. The Morgan fingerprint density at radius 3 is 2.43 bits per heavy atom. The van der Waals surface area contributed by atoms with Crippen LogP contribution >= 0.6 is 0 Å². The zero-order valence-corrected chi connectivity index (χ0v) is 9.92. The number of likely N-dealkylation sites (tertiary alicyclic amines) is 1. The van der Waals surface area contributed by atoms with Crippen molar-refractivity contribution in [1.82, 2.24) is 4.90 Å². The molecule has 1 aliphatic rings. The van der Waals surface area contributed by atoms with Gasteiger partial charge in [0.15, 0.2) is 0 Å². The van der Waals surface area contributed by atoms with Crippen molar-refractivity contribution in [1.29, 1.82) is 0 Å². The van der Waals surface area contributed by atoms with E-state index in [0.29, 0.717) is 17.4 Å². The lowest BCUT2D eigenvalue weighted by atomic mass is 9.78. The van der Waals surface area contributed by atoms with Crippen LogP contribution in [0.3, 0.4) is 0 Å². The van der Waals surface area contributed by atoms with E-state index in [0.717, 1.165) is 26.2 Å². The number of hydrogen-bond acceptors (Lipinski definition) is 3. The Morgan fingerprint density at radius 1 is 1.36 bits per heavy atom. The van der Waals surface area contributed by atoms with Gasteiger partial charge in [0.1, 0.15) is 0 Å². The zero-order chi connectivity index (χ0) is 10.8. The molecule has 1 fully saturated rings. The van der Waals surface area contributed by atoms with Crippen LogP contribution in [0.2, 0.25) is 0 Å². The van der Waals surface area contributed by atoms with E-state index in [-0.39, 0.29) is 0 Å². The molecule has 0 amide bonds. The minimum absolute atomic E-state index is 0.321. The van der Waals surface area contributed by atoms with Gasteiger partial charge in [0.05, 0.1) is 6.61 Å². The fraction of sp³-hybridized carbons (Fsp3) is 1.00.